The number of β-lactam (4-membered cyclic amide) rings is 1. The van der Waals surface area contributed by atoms with Crippen molar-refractivity contribution in [3.8, 4) is 0 Å². The van der Waals surface area contributed by atoms with Crippen molar-refractivity contribution in [1.82, 2.24) is 0 Å². The molecule has 0 aliphatic carbocycles. The zero-order valence-corrected chi connectivity index (χ0v) is 11.1. The van der Waals surface area contributed by atoms with Gasteiger partial charge in [0.15, 0.2) is 0 Å². The van der Waals surface area contributed by atoms with E-state index in [1.54, 1.807) is 0 Å². The van der Waals surface area contributed by atoms with Gasteiger partial charge >= 0.3 is 0 Å². The first-order chi connectivity index (χ1) is 6.18. The molecule has 1 fully saturated rings. The lowest BCUT2D eigenvalue weighted by Crippen LogP contribution is -2.43. The minimum atomic E-state index is 0.233. The molecule has 0 aromatic heterocycles. The lowest BCUT2D eigenvalue weighted by molar-refractivity contribution is -0.122. The van der Waals surface area contributed by atoms with Gasteiger partial charge in [0.1, 0.15) is 0 Å². The van der Waals surface area contributed by atoms with Crippen LogP contribution in [0, 0.1) is 7.14 Å². The molecule has 13 heavy (non-hydrogen) atoms. The van der Waals surface area contributed by atoms with Gasteiger partial charge in [-0.3, -0.25) is 4.79 Å². The van der Waals surface area contributed by atoms with Gasteiger partial charge in [0.25, 0.3) is 0 Å². The summed E-state index contributed by atoms with van der Waals surface area (Å²) in [6.07, 6.45) is 0.697. The van der Waals surface area contributed by atoms with Crippen molar-refractivity contribution in [2.24, 2.45) is 0 Å². The average molecular weight is 399 g/mol. The first-order valence-corrected chi connectivity index (χ1v) is 6.09. The van der Waals surface area contributed by atoms with Gasteiger partial charge < -0.3 is 4.90 Å². The average Bonchev–Trinajstić information content (AvgIpc) is 2.09. The van der Waals surface area contributed by atoms with E-state index in [1.165, 1.54) is 7.14 Å². The van der Waals surface area contributed by atoms with E-state index < -0.39 is 0 Å². The van der Waals surface area contributed by atoms with Crippen molar-refractivity contribution in [2.45, 2.75) is 6.42 Å². The number of halogens is 2. The van der Waals surface area contributed by atoms with Gasteiger partial charge in [0, 0.05) is 25.8 Å². The highest BCUT2D eigenvalue weighted by atomic mass is 127. The van der Waals surface area contributed by atoms with Crippen molar-refractivity contribution < 1.29 is 4.79 Å². The van der Waals surface area contributed by atoms with Gasteiger partial charge in [0.2, 0.25) is 5.91 Å². The van der Waals surface area contributed by atoms with E-state index in [9.17, 15) is 4.79 Å². The van der Waals surface area contributed by atoms with Gasteiger partial charge in [0.05, 0.1) is 0 Å². The molecule has 2 nitrogen and oxygen atoms in total. The number of hydrogen-bond donors (Lipinski definition) is 0. The topological polar surface area (TPSA) is 20.3 Å². The number of nitrogens with zero attached hydrogens (tertiary/aromatic N) is 1. The third-order valence-corrected chi connectivity index (χ3v) is 4.93. The van der Waals surface area contributed by atoms with Crippen molar-refractivity contribution in [2.75, 3.05) is 11.4 Å². The summed E-state index contributed by atoms with van der Waals surface area (Å²) in [6, 6.07) is 6.10. The normalized spacial score (nSPS) is 15.8. The minimum absolute atomic E-state index is 0.233. The molecule has 0 unspecified atom stereocenters. The summed E-state index contributed by atoms with van der Waals surface area (Å²) in [6.45, 7) is 0.871. The zero-order valence-electron chi connectivity index (χ0n) is 6.76. The largest absolute Gasteiger partial charge is 0.312 e. The quantitative estimate of drug-likeness (QED) is 0.526. The third-order valence-electron chi connectivity index (χ3n) is 2.07. The molecular weight excluding hydrogens is 392 g/mol. The summed E-state index contributed by atoms with van der Waals surface area (Å²) in [5, 5.41) is 0. The van der Waals surface area contributed by atoms with Crippen LogP contribution in [0.5, 0.6) is 0 Å². The van der Waals surface area contributed by atoms with E-state index in [2.05, 4.69) is 51.2 Å². The molecule has 1 aliphatic rings. The van der Waals surface area contributed by atoms with E-state index in [1.807, 2.05) is 17.0 Å². The number of rotatable bonds is 1. The van der Waals surface area contributed by atoms with Crippen LogP contribution in [0.2, 0.25) is 0 Å². The van der Waals surface area contributed by atoms with Crippen LogP contribution in [-0.2, 0) is 4.79 Å². The lowest BCUT2D eigenvalue weighted by atomic mass is 10.1. The van der Waals surface area contributed by atoms with Crippen molar-refractivity contribution in [3.63, 3.8) is 0 Å². The summed E-state index contributed by atoms with van der Waals surface area (Å²) in [7, 11) is 0. The summed E-state index contributed by atoms with van der Waals surface area (Å²) >= 11 is 4.57. The molecule has 1 aliphatic heterocycles. The van der Waals surface area contributed by atoms with Crippen LogP contribution in [-0.4, -0.2) is 12.5 Å². The Morgan fingerprint density at radius 1 is 1.23 bits per heavy atom. The number of hydrogen-bond acceptors (Lipinski definition) is 1. The number of anilines is 1. The van der Waals surface area contributed by atoms with Crippen LogP contribution >= 0.6 is 45.2 Å². The van der Waals surface area contributed by atoms with Crippen molar-refractivity contribution in [3.05, 3.63) is 25.3 Å². The molecule has 1 saturated heterocycles. The predicted molar refractivity (Wildman–Crippen MR) is 68.8 cm³/mol. The lowest BCUT2D eigenvalue weighted by Gasteiger charge is -2.30. The van der Waals surface area contributed by atoms with E-state index in [-0.39, 0.29) is 5.91 Å². The monoisotopic (exact) mass is 399 g/mol. The van der Waals surface area contributed by atoms with E-state index in [0.717, 1.165) is 12.2 Å². The maximum Gasteiger partial charge on any atom is 0.228 e. The number of benzene rings is 1. The fourth-order valence-electron chi connectivity index (χ4n) is 1.24. The summed E-state index contributed by atoms with van der Waals surface area (Å²) < 4.78 is 2.44. The number of carbonyl (C=O) groups excluding carboxylic acids is 1. The van der Waals surface area contributed by atoms with Gasteiger partial charge in [-0.15, -0.1) is 0 Å². The molecule has 1 amide bonds. The molecule has 0 N–H and O–H groups in total. The van der Waals surface area contributed by atoms with Gasteiger partial charge in [-0.25, -0.2) is 0 Å². The highest BCUT2D eigenvalue weighted by Gasteiger charge is 2.25. The maximum absolute atomic E-state index is 11.1. The zero-order chi connectivity index (χ0) is 9.42. The molecule has 0 radical (unpaired) electrons. The van der Waals surface area contributed by atoms with Crippen LogP contribution in [0.4, 0.5) is 5.69 Å². The first kappa shape index (κ1) is 9.70. The number of amides is 1. The molecule has 1 heterocycles. The molecular formula is C9H7I2NO. The van der Waals surface area contributed by atoms with Gasteiger partial charge in [-0.1, -0.05) is 0 Å². The highest BCUT2D eigenvalue weighted by molar-refractivity contribution is 14.1. The van der Waals surface area contributed by atoms with E-state index in [4.69, 9.17) is 0 Å². The molecule has 1 aromatic carbocycles. The molecule has 4 heteroatoms. The Morgan fingerprint density at radius 2 is 2.00 bits per heavy atom. The fourth-order valence-corrected chi connectivity index (χ4v) is 2.08. The molecule has 0 spiro atoms. The SMILES string of the molecule is O=C1CCN1c1ccc(I)c(I)c1. The smallest absolute Gasteiger partial charge is 0.228 e. The summed E-state index contributed by atoms with van der Waals surface area (Å²) in [5.41, 5.74) is 1.03. The van der Waals surface area contributed by atoms with Gasteiger partial charge in [-0.2, -0.15) is 0 Å². The first-order valence-electron chi connectivity index (χ1n) is 3.94. The predicted octanol–water partition coefficient (Wildman–Crippen LogP) is 2.63. The van der Waals surface area contributed by atoms with Crippen LogP contribution < -0.4 is 4.90 Å². The second kappa shape index (κ2) is 3.72. The Hall–Kier alpha value is 0.150. The Balaban J connectivity index is 2.31. The minimum Gasteiger partial charge on any atom is -0.312 e. The highest BCUT2D eigenvalue weighted by Crippen LogP contribution is 2.26. The van der Waals surface area contributed by atoms with Crippen molar-refractivity contribution >= 4 is 56.8 Å². The van der Waals surface area contributed by atoms with Crippen LogP contribution in [0.25, 0.3) is 0 Å². The third kappa shape index (κ3) is 1.83. The van der Waals surface area contributed by atoms with Crippen LogP contribution in [0.1, 0.15) is 6.42 Å². The van der Waals surface area contributed by atoms with Crippen molar-refractivity contribution in [1.29, 1.82) is 0 Å². The Kier molecular flexibility index (Phi) is 2.77. The molecule has 0 saturated carbocycles. The Bertz CT molecular complexity index is 365. The second-order valence-electron chi connectivity index (χ2n) is 2.89. The second-order valence-corrected chi connectivity index (χ2v) is 5.22. The van der Waals surface area contributed by atoms with E-state index >= 15 is 0 Å². The Labute approximate surface area is 104 Å². The number of carbonyl (C=O) groups is 1. The molecule has 68 valence electrons. The summed E-state index contributed by atoms with van der Waals surface area (Å²) in [4.78, 5) is 13.0. The standard InChI is InChI=1S/C9H7I2NO/c10-7-2-1-6(5-8(7)11)12-4-3-9(12)13/h1-2,5H,3-4H2. The molecule has 1 aromatic rings. The van der Waals surface area contributed by atoms with Crippen LogP contribution in [0.15, 0.2) is 18.2 Å². The maximum atomic E-state index is 11.1. The van der Waals surface area contributed by atoms with Crippen LogP contribution in [0.3, 0.4) is 0 Å². The fraction of sp³-hybridized carbons (Fsp3) is 0.222. The molecule has 2 rings (SSSR count). The van der Waals surface area contributed by atoms with E-state index in [0.29, 0.717) is 6.42 Å². The Morgan fingerprint density at radius 3 is 2.46 bits per heavy atom. The molecule has 0 atom stereocenters. The molecule has 0 bridgehead atoms. The van der Waals surface area contributed by atoms with Gasteiger partial charge in [-0.05, 0) is 63.4 Å². The summed E-state index contributed by atoms with van der Waals surface area (Å²) in [5.74, 6) is 0.233.